The molecule has 2 rings (SSSR count). The fourth-order valence-corrected chi connectivity index (χ4v) is 2.42. The second-order valence-electron chi connectivity index (χ2n) is 4.44. The highest BCUT2D eigenvalue weighted by atomic mass is 35.5. The van der Waals surface area contributed by atoms with Crippen molar-refractivity contribution in [2.24, 2.45) is 7.05 Å². The Bertz CT molecular complexity index is 693. The lowest BCUT2D eigenvalue weighted by Crippen LogP contribution is -2.53. The molecule has 21 heavy (non-hydrogen) atoms. The summed E-state index contributed by atoms with van der Waals surface area (Å²) in [7, 11) is 1.68. The van der Waals surface area contributed by atoms with Gasteiger partial charge in [-0.2, -0.15) is 5.10 Å². The second-order valence-corrected chi connectivity index (χ2v) is 5.18. The molecule has 1 N–H and O–H groups in total. The van der Waals surface area contributed by atoms with Crippen LogP contribution in [-0.2, 0) is 16.6 Å². The van der Waals surface area contributed by atoms with Crippen LogP contribution < -0.4 is 5.32 Å². The first kappa shape index (κ1) is 15.4. The van der Waals surface area contributed by atoms with Crippen LogP contribution in [0.4, 0.5) is 0 Å². The highest BCUT2D eigenvalue weighted by Crippen LogP contribution is 2.23. The van der Waals surface area contributed by atoms with Gasteiger partial charge in [0.25, 0.3) is 11.8 Å². The Labute approximate surface area is 132 Å². The number of nitrogens with zero attached hydrogens (tertiary/aromatic N) is 3. The van der Waals surface area contributed by atoms with Crippen molar-refractivity contribution in [1.29, 1.82) is 0 Å². The van der Waals surface area contributed by atoms with Crippen LogP contribution in [0, 0.1) is 6.92 Å². The van der Waals surface area contributed by atoms with Gasteiger partial charge in [-0.05, 0) is 25.2 Å². The first-order valence-electron chi connectivity index (χ1n) is 6.05. The average molecular weight is 325 g/mol. The molecule has 6 nitrogen and oxygen atoms in total. The molecule has 1 aliphatic heterocycles. The number of hydrogen-bond donors (Lipinski definition) is 1. The third kappa shape index (κ3) is 2.74. The number of halogens is 1. The molecule has 1 aromatic rings. The fraction of sp³-hybridized carbons (Fsp3) is 0.231. The van der Waals surface area contributed by atoms with Crippen molar-refractivity contribution in [2.75, 3.05) is 6.54 Å². The van der Waals surface area contributed by atoms with Gasteiger partial charge < -0.3 is 0 Å². The SMILES string of the molecule is C=CCN1C(=O)/C(=C/c2c(C)nn(C)c2Cl)C(=O)NC1=S. The lowest BCUT2D eigenvalue weighted by atomic mass is 10.1. The van der Waals surface area contributed by atoms with Crippen LogP contribution in [0.1, 0.15) is 11.3 Å². The normalized spacial score (nSPS) is 17.4. The number of carbonyl (C=O) groups excluding carboxylic acids is 2. The summed E-state index contributed by atoms with van der Waals surface area (Å²) in [5.41, 5.74) is 1.12. The summed E-state index contributed by atoms with van der Waals surface area (Å²) in [5, 5.41) is 7.03. The lowest BCUT2D eigenvalue weighted by Gasteiger charge is -2.27. The van der Waals surface area contributed by atoms with Crippen molar-refractivity contribution in [3.63, 3.8) is 0 Å². The van der Waals surface area contributed by atoms with Gasteiger partial charge in [-0.1, -0.05) is 17.7 Å². The van der Waals surface area contributed by atoms with Crippen LogP contribution in [-0.4, -0.2) is 38.2 Å². The molecule has 1 aliphatic rings. The minimum Gasteiger partial charge on any atom is -0.298 e. The van der Waals surface area contributed by atoms with Crippen molar-refractivity contribution in [1.82, 2.24) is 20.0 Å². The van der Waals surface area contributed by atoms with E-state index in [1.54, 1.807) is 14.0 Å². The zero-order valence-corrected chi connectivity index (χ0v) is 13.1. The van der Waals surface area contributed by atoms with Crippen molar-refractivity contribution in [3.8, 4) is 0 Å². The molecule has 2 amide bonds. The Morgan fingerprint density at radius 1 is 1.48 bits per heavy atom. The van der Waals surface area contributed by atoms with E-state index in [0.717, 1.165) is 0 Å². The Morgan fingerprint density at radius 2 is 2.14 bits per heavy atom. The van der Waals surface area contributed by atoms with Crippen molar-refractivity contribution < 1.29 is 9.59 Å². The second kappa shape index (κ2) is 5.79. The summed E-state index contributed by atoms with van der Waals surface area (Å²) in [6.45, 7) is 5.53. The van der Waals surface area contributed by atoms with Gasteiger partial charge >= 0.3 is 0 Å². The summed E-state index contributed by atoms with van der Waals surface area (Å²) in [5.74, 6) is -1.03. The maximum atomic E-state index is 12.4. The minimum absolute atomic E-state index is 0.0385. The molecule has 0 aromatic carbocycles. The summed E-state index contributed by atoms with van der Waals surface area (Å²) < 4.78 is 1.47. The zero-order valence-electron chi connectivity index (χ0n) is 11.5. The van der Waals surface area contributed by atoms with Gasteiger partial charge in [0.15, 0.2) is 5.11 Å². The van der Waals surface area contributed by atoms with Gasteiger partial charge in [-0.3, -0.25) is 24.5 Å². The molecule has 0 bridgehead atoms. The number of aryl methyl sites for hydroxylation is 2. The van der Waals surface area contributed by atoms with Crippen LogP contribution in [0.5, 0.6) is 0 Å². The van der Waals surface area contributed by atoms with Gasteiger partial charge in [0.05, 0.1) is 5.69 Å². The Kier molecular flexibility index (Phi) is 4.24. The number of rotatable bonds is 3. The van der Waals surface area contributed by atoms with E-state index in [9.17, 15) is 9.59 Å². The van der Waals surface area contributed by atoms with Crippen LogP contribution in [0.2, 0.25) is 5.15 Å². The maximum Gasteiger partial charge on any atom is 0.265 e. The van der Waals surface area contributed by atoms with Crippen LogP contribution in [0.25, 0.3) is 6.08 Å². The standard InChI is InChI=1S/C13H13ClN4O2S/c1-4-5-18-12(20)9(11(19)15-13(18)21)6-8-7(2)16-17(3)10(8)14/h4,6H,1,5H2,2-3H3,(H,15,19,21)/b9-6+. The number of thiocarbonyl (C=S) groups is 1. The monoisotopic (exact) mass is 324 g/mol. The van der Waals surface area contributed by atoms with E-state index in [1.807, 2.05) is 0 Å². The van der Waals surface area contributed by atoms with E-state index < -0.39 is 11.8 Å². The molecule has 0 aliphatic carbocycles. The highest BCUT2D eigenvalue weighted by Gasteiger charge is 2.33. The van der Waals surface area contributed by atoms with Gasteiger partial charge in [0.1, 0.15) is 10.7 Å². The minimum atomic E-state index is -0.551. The molecule has 0 atom stereocenters. The summed E-state index contributed by atoms with van der Waals surface area (Å²) in [6, 6.07) is 0. The molecule has 1 aromatic heterocycles. The topological polar surface area (TPSA) is 67.2 Å². The van der Waals surface area contributed by atoms with E-state index >= 15 is 0 Å². The molecule has 110 valence electrons. The molecule has 0 unspecified atom stereocenters. The van der Waals surface area contributed by atoms with E-state index in [2.05, 4.69) is 17.0 Å². The Morgan fingerprint density at radius 3 is 2.67 bits per heavy atom. The number of carbonyl (C=O) groups is 2. The van der Waals surface area contributed by atoms with Gasteiger partial charge in [-0.25, -0.2) is 0 Å². The van der Waals surface area contributed by atoms with Crippen LogP contribution >= 0.6 is 23.8 Å². The van der Waals surface area contributed by atoms with Gasteiger partial charge in [-0.15, -0.1) is 6.58 Å². The third-order valence-electron chi connectivity index (χ3n) is 2.98. The van der Waals surface area contributed by atoms with Crippen molar-refractivity contribution in [3.05, 3.63) is 34.6 Å². The van der Waals surface area contributed by atoms with E-state index in [-0.39, 0.29) is 17.2 Å². The number of aromatic nitrogens is 2. The van der Waals surface area contributed by atoms with Crippen molar-refractivity contribution in [2.45, 2.75) is 6.92 Å². The molecule has 1 fully saturated rings. The summed E-state index contributed by atoms with van der Waals surface area (Å²) >= 11 is 11.1. The first-order valence-corrected chi connectivity index (χ1v) is 6.84. The highest BCUT2D eigenvalue weighted by molar-refractivity contribution is 7.80. The van der Waals surface area contributed by atoms with Crippen LogP contribution in [0.3, 0.4) is 0 Å². The van der Waals surface area contributed by atoms with Gasteiger partial charge in [0.2, 0.25) is 0 Å². The third-order valence-corrected chi connectivity index (χ3v) is 3.75. The predicted octanol–water partition coefficient (Wildman–Crippen LogP) is 1.19. The Balaban J connectivity index is 2.48. The lowest BCUT2D eigenvalue weighted by molar-refractivity contribution is -0.128. The largest absolute Gasteiger partial charge is 0.298 e. The molecule has 2 heterocycles. The maximum absolute atomic E-state index is 12.4. The smallest absolute Gasteiger partial charge is 0.265 e. The zero-order chi connectivity index (χ0) is 15.7. The Hall–Kier alpha value is -1.99. The molecule has 1 saturated heterocycles. The van der Waals surface area contributed by atoms with E-state index in [0.29, 0.717) is 16.4 Å². The first-order chi connectivity index (χ1) is 9.86. The summed E-state index contributed by atoms with van der Waals surface area (Å²) in [6.07, 6.45) is 2.96. The number of hydrogen-bond acceptors (Lipinski definition) is 4. The predicted molar refractivity (Wildman–Crippen MR) is 83.6 cm³/mol. The van der Waals surface area contributed by atoms with E-state index in [4.69, 9.17) is 23.8 Å². The quantitative estimate of drug-likeness (QED) is 0.392. The molecule has 0 saturated carbocycles. The number of amides is 2. The molecular formula is C13H13ClN4O2S. The number of nitrogens with one attached hydrogen (secondary N) is 1. The van der Waals surface area contributed by atoms with Gasteiger partial charge in [0, 0.05) is 19.2 Å². The average Bonchev–Trinajstić information content (AvgIpc) is 2.65. The van der Waals surface area contributed by atoms with Crippen molar-refractivity contribution >= 4 is 46.8 Å². The molecular weight excluding hydrogens is 312 g/mol. The van der Waals surface area contributed by atoms with E-state index in [1.165, 1.54) is 21.7 Å². The molecule has 8 heteroatoms. The van der Waals surface area contributed by atoms with Crippen LogP contribution in [0.15, 0.2) is 18.2 Å². The molecule has 0 spiro atoms. The molecule has 0 radical (unpaired) electrons. The fourth-order valence-electron chi connectivity index (χ4n) is 1.94. The summed E-state index contributed by atoms with van der Waals surface area (Å²) in [4.78, 5) is 25.6.